The summed E-state index contributed by atoms with van der Waals surface area (Å²) in [5.41, 5.74) is 35.7. The average molecular weight is 1690 g/mol. The van der Waals surface area contributed by atoms with Crippen molar-refractivity contribution in [1.29, 1.82) is 0 Å². The first-order valence-electron chi connectivity index (χ1n) is 47.0. The zero-order valence-corrected chi connectivity index (χ0v) is 73.2. The standard InChI is InChI=1S/2C67H40/c1-2-16-41(17-3-1)43-30-31-45-39-46(33-32-44(45)38-43)62-53-24-8-10-26-55(53)63(56-27-11-9-25-54(56)62)47-34-36-57-58(40-47)49-20-6-7-23-52(49)65-64-48-19-5-4-18-42(48)35-37-61(64)67(66(57)65)59-28-14-12-21-50(59)51-22-13-15-29-60(51)67;1-2-18-41(19-3-1)44-37-38-56(47-23-7-6-22-46(44)47)63-54-30-12-10-28-52(54)62(53-29-11-13-31-55(53)63)43-34-36-57-58(40-43)48-24-8-9-27-51(48)65-64-45-21-5-4-20-42(45)35-39-61(64)67(66(57)65)59-32-16-14-25-49(59)50-26-15-17-33-60(50)67/h2*1-40H. The highest BCUT2D eigenvalue weighted by molar-refractivity contribution is 6.30. The largest absolute Gasteiger partial charge is 0.0732 e. The van der Waals surface area contributed by atoms with Gasteiger partial charge in [-0.1, -0.05) is 461 Å². The number of hydrogen-bond donors (Lipinski definition) is 0. The van der Waals surface area contributed by atoms with Crippen molar-refractivity contribution in [2.45, 2.75) is 10.8 Å². The molecule has 0 unspecified atom stereocenters. The van der Waals surface area contributed by atoms with Crippen molar-refractivity contribution in [1.82, 2.24) is 0 Å². The summed E-state index contributed by atoms with van der Waals surface area (Å²) in [5.74, 6) is 0. The van der Waals surface area contributed by atoms with Gasteiger partial charge < -0.3 is 0 Å². The molecule has 4 aliphatic rings. The molecule has 30 rings (SSSR count). The lowest BCUT2D eigenvalue weighted by molar-refractivity contribution is 0.802. The van der Waals surface area contributed by atoms with Gasteiger partial charge in [-0.05, 0) is 309 Å². The van der Waals surface area contributed by atoms with Gasteiger partial charge in [0.1, 0.15) is 0 Å². The molecule has 0 heterocycles. The van der Waals surface area contributed by atoms with Crippen LogP contribution in [-0.4, -0.2) is 0 Å². The quantitative estimate of drug-likeness (QED) is 0.115. The molecule has 4 aliphatic carbocycles. The molecule has 616 valence electrons. The SMILES string of the molecule is c1ccc(-c2ccc(-c3c4ccccc4c(-c4ccc5c6c(c7ccccc7c5c4)-c4c(ccc5ccccc45)C64c5ccccc5-c5ccccc54)c4ccccc34)c3ccccc23)cc1.c1ccc(-c2ccc3cc(-c4c5ccccc5c(-c5ccc6c7c(c8ccccc8c6c5)-c5c(ccc6ccccc56)C75c6ccccc6-c6ccccc65)c5ccccc45)ccc3c2)cc1. The van der Waals surface area contributed by atoms with Crippen molar-refractivity contribution in [2.75, 3.05) is 0 Å². The zero-order chi connectivity index (χ0) is 87.6. The Labute approximate surface area is 775 Å². The first-order chi connectivity index (χ1) is 66.5. The van der Waals surface area contributed by atoms with E-state index in [1.54, 1.807) is 0 Å². The van der Waals surface area contributed by atoms with Crippen LogP contribution in [0.2, 0.25) is 0 Å². The summed E-state index contributed by atoms with van der Waals surface area (Å²) >= 11 is 0. The Kier molecular flexibility index (Phi) is 16.0. The molecule has 0 atom stereocenters. The van der Waals surface area contributed by atoms with E-state index in [1.807, 2.05) is 0 Å². The van der Waals surface area contributed by atoms with E-state index >= 15 is 0 Å². The lowest BCUT2D eigenvalue weighted by Gasteiger charge is -2.32. The molecule has 0 bridgehead atoms. The van der Waals surface area contributed by atoms with E-state index in [1.165, 1.54) is 285 Å². The van der Waals surface area contributed by atoms with Crippen LogP contribution in [0.25, 0.3) is 241 Å². The Morgan fingerprint density at radius 3 is 0.784 bits per heavy atom. The Morgan fingerprint density at radius 1 is 0.104 bits per heavy atom. The molecule has 26 aromatic carbocycles. The Morgan fingerprint density at radius 2 is 0.381 bits per heavy atom. The van der Waals surface area contributed by atoms with Gasteiger partial charge in [-0.3, -0.25) is 0 Å². The maximum Gasteiger partial charge on any atom is 0.0732 e. The van der Waals surface area contributed by atoms with Crippen LogP contribution in [0.3, 0.4) is 0 Å². The Balaban J connectivity index is 0.000000131. The van der Waals surface area contributed by atoms with Gasteiger partial charge >= 0.3 is 0 Å². The van der Waals surface area contributed by atoms with Crippen LogP contribution in [0.15, 0.2) is 485 Å². The third kappa shape index (κ3) is 10.3. The van der Waals surface area contributed by atoms with Gasteiger partial charge in [-0.25, -0.2) is 0 Å². The molecule has 0 fully saturated rings. The van der Waals surface area contributed by atoms with Crippen LogP contribution in [0.5, 0.6) is 0 Å². The van der Waals surface area contributed by atoms with Gasteiger partial charge in [0.05, 0.1) is 10.8 Å². The predicted octanol–water partition coefficient (Wildman–Crippen LogP) is 35.9. The minimum absolute atomic E-state index is 0.490. The number of benzene rings is 26. The molecule has 0 saturated heterocycles. The highest BCUT2D eigenvalue weighted by Gasteiger charge is 2.55. The van der Waals surface area contributed by atoms with E-state index in [-0.39, 0.29) is 0 Å². The molecule has 0 aliphatic heterocycles. The second kappa shape index (κ2) is 28.7. The highest BCUT2D eigenvalue weighted by atomic mass is 14.6. The molecule has 0 amide bonds. The molecule has 134 heavy (non-hydrogen) atoms. The maximum atomic E-state index is 2.53. The third-order valence-electron chi connectivity index (χ3n) is 30.8. The summed E-state index contributed by atoms with van der Waals surface area (Å²) in [5, 5.41) is 30.6. The number of hydrogen-bond acceptors (Lipinski definition) is 0. The molecule has 26 aromatic rings. The second-order valence-electron chi connectivity index (χ2n) is 37.1. The topological polar surface area (TPSA) is 0 Å². The highest BCUT2D eigenvalue weighted by Crippen LogP contribution is 2.69. The number of rotatable bonds is 6. The molecule has 0 N–H and O–H groups in total. The monoisotopic (exact) mass is 1690 g/mol. The fourth-order valence-corrected chi connectivity index (χ4v) is 25.6. The van der Waals surface area contributed by atoms with E-state index in [4.69, 9.17) is 0 Å². The molecular formula is C134H80. The normalized spacial score (nSPS) is 13.2. The Hall–Kier alpha value is -17.2. The summed E-state index contributed by atoms with van der Waals surface area (Å²) in [4.78, 5) is 0. The molecule has 0 radical (unpaired) electrons. The van der Waals surface area contributed by atoms with Crippen molar-refractivity contribution in [2.24, 2.45) is 0 Å². The van der Waals surface area contributed by atoms with Gasteiger partial charge in [-0.2, -0.15) is 0 Å². The second-order valence-corrected chi connectivity index (χ2v) is 37.1. The van der Waals surface area contributed by atoms with Crippen molar-refractivity contribution < 1.29 is 0 Å². The summed E-state index contributed by atoms with van der Waals surface area (Å²) < 4.78 is 0. The molecule has 0 nitrogen and oxygen atoms in total. The summed E-state index contributed by atoms with van der Waals surface area (Å²) in [6, 6.07) is 183. The predicted molar refractivity (Wildman–Crippen MR) is 568 cm³/mol. The lowest BCUT2D eigenvalue weighted by Crippen LogP contribution is -2.26. The van der Waals surface area contributed by atoms with Gasteiger partial charge in [0, 0.05) is 0 Å². The van der Waals surface area contributed by atoms with Gasteiger partial charge in [0.15, 0.2) is 0 Å². The molecule has 0 aromatic heterocycles. The fourth-order valence-electron chi connectivity index (χ4n) is 25.6. The molecule has 0 saturated carbocycles. The van der Waals surface area contributed by atoms with Gasteiger partial charge in [-0.15, -0.1) is 0 Å². The molecule has 0 heteroatoms. The summed E-state index contributed by atoms with van der Waals surface area (Å²) in [6.07, 6.45) is 0. The Bertz CT molecular complexity index is 9440. The smallest absolute Gasteiger partial charge is 0.0622 e. The van der Waals surface area contributed by atoms with Crippen molar-refractivity contribution >= 4 is 129 Å². The van der Waals surface area contributed by atoms with Crippen LogP contribution >= 0.6 is 0 Å². The van der Waals surface area contributed by atoms with Crippen LogP contribution in [0.1, 0.15) is 44.5 Å². The van der Waals surface area contributed by atoms with Crippen molar-refractivity contribution in [3.05, 3.63) is 530 Å². The van der Waals surface area contributed by atoms with E-state index < -0.39 is 10.8 Å². The van der Waals surface area contributed by atoms with Crippen LogP contribution in [0, 0.1) is 0 Å². The van der Waals surface area contributed by atoms with Crippen LogP contribution in [-0.2, 0) is 10.8 Å². The van der Waals surface area contributed by atoms with Gasteiger partial charge in [0.2, 0.25) is 0 Å². The zero-order valence-electron chi connectivity index (χ0n) is 73.2. The average Bonchev–Trinajstić information content (AvgIpc) is 1.49. The first kappa shape index (κ1) is 74.7. The fraction of sp³-hybridized carbons (Fsp3) is 0.0149. The van der Waals surface area contributed by atoms with Crippen LogP contribution in [0.4, 0.5) is 0 Å². The summed E-state index contributed by atoms with van der Waals surface area (Å²) in [6.45, 7) is 0. The van der Waals surface area contributed by atoms with Gasteiger partial charge in [0.25, 0.3) is 0 Å². The van der Waals surface area contributed by atoms with Crippen LogP contribution < -0.4 is 0 Å². The van der Waals surface area contributed by atoms with E-state index in [0.717, 1.165) is 0 Å². The number of fused-ring (bicyclic) bond motifs is 40. The molecular weight excluding hydrogens is 1610 g/mol. The summed E-state index contributed by atoms with van der Waals surface area (Å²) in [7, 11) is 0. The van der Waals surface area contributed by atoms with E-state index in [0.29, 0.717) is 0 Å². The first-order valence-corrected chi connectivity index (χ1v) is 47.0. The van der Waals surface area contributed by atoms with E-state index in [9.17, 15) is 0 Å². The van der Waals surface area contributed by atoms with E-state index in [2.05, 4.69) is 485 Å². The van der Waals surface area contributed by atoms with Crippen molar-refractivity contribution in [3.8, 4) is 111 Å². The lowest BCUT2D eigenvalue weighted by atomic mass is 9.69. The minimum Gasteiger partial charge on any atom is -0.0622 e. The maximum absolute atomic E-state index is 2.53. The minimum atomic E-state index is -0.494. The molecule has 2 spiro atoms. The third-order valence-corrected chi connectivity index (χ3v) is 30.8. The van der Waals surface area contributed by atoms with Crippen molar-refractivity contribution in [3.63, 3.8) is 0 Å².